The van der Waals surface area contributed by atoms with E-state index in [2.05, 4.69) is 22.1 Å². The molecule has 0 unspecified atom stereocenters. The number of H-pyrrole nitrogens is 1. The molecule has 110 valence electrons. The van der Waals surface area contributed by atoms with Crippen molar-refractivity contribution >= 4 is 5.91 Å². The minimum Gasteiger partial charge on any atom is -0.364 e. The van der Waals surface area contributed by atoms with Gasteiger partial charge in [0.2, 0.25) is 0 Å². The molecule has 1 saturated heterocycles. The summed E-state index contributed by atoms with van der Waals surface area (Å²) in [4.78, 5) is 28.9. The Hall–Kier alpha value is -1.62. The van der Waals surface area contributed by atoms with Crippen LogP contribution in [0.5, 0.6) is 0 Å². The molecule has 1 aromatic heterocycles. The lowest BCUT2D eigenvalue weighted by Gasteiger charge is -2.30. The summed E-state index contributed by atoms with van der Waals surface area (Å²) in [5.74, 6) is 0.517. The number of rotatable bonds is 4. The fraction of sp³-hybridized carbons (Fsp3) is 0.600. The minimum absolute atomic E-state index is 0.183. The van der Waals surface area contributed by atoms with Crippen LogP contribution in [0.15, 0.2) is 17.1 Å². The van der Waals surface area contributed by atoms with E-state index in [1.165, 1.54) is 25.1 Å². The average Bonchev–Trinajstić information content (AvgIpc) is 2.41. The first-order valence-electron chi connectivity index (χ1n) is 7.26. The van der Waals surface area contributed by atoms with E-state index in [4.69, 9.17) is 0 Å². The molecule has 2 N–H and O–H groups in total. The van der Waals surface area contributed by atoms with Gasteiger partial charge in [-0.2, -0.15) is 0 Å². The summed E-state index contributed by atoms with van der Waals surface area (Å²) in [6.07, 6.45) is 3.94. The van der Waals surface area contributed by atoms with Crippen LogP contribution < -0.4 is 10.7 Å². The number of pyridine rings is 1. The number of amides is 1. The average molecular weight is 277 g/mol. The maximum Gasteiger partial charge on any atom is 0.256 e. The lowest BCUT2D eigenvalue weighted by atomic mass is 9.99. The summed E-state index contributed by atoms with van der Waals surface area (Å²) in [5.41, 5.74) is 0.711. The van der Waals surface area contributed by atoms with E-state index in [0.29, 0.717) is 6.54 Å². The van der Waals surface area contributed by atoms with Crippen molar-refractivity contribution in [2.24, 2.45) is 5.92 Å². The number of aromatic amines is 1. The molecule has 0 saturated carbocycles. The van der Waals surface area contributed by atoms with Gasteiger partial charge in [0, 0.05) is 31.0 Å². The number of nitrogens with one attached hydrogen (secondary N) is 2. The molecule has 20 heavy (non-hydrogen) atoms. The quantitative estimate of drug-likeness (QED) is 0.867. The molecular formula is C15H23N3O2. The van der Waals surface area contributed by atoms with Crippen molar-refractivity contribution in [2.45, 2.75) is 26.7 Å². The van der Waals surface area contributed by atoms with Crippen LogP contribution >= 0.6 is 0 Å². The van der Waals surface area contributed by atoms with Crippen molar-refractivity contribution in [1.29, 1.82) is 0 Å². The summed E-state index contributed by atoms with van der Waals surface area (Å²) >= 11 is 0. The van der Waals surface area contributed by atoms with Crippen LogP contribution in [0, 0.1) is 12.8 Å². The molecule has 5 heteroatoms. The molecule has 0 atom stereocenters. The summed E-state index contributed by atoms with van der Waals surface area (Å²) in [6, 6.07) is 1.45. The molecular weight excluding hydrogens is 254 g/mol. The van der Waals surface area contributed by atoms with Gasteiger partial charge in [-0.1, -0.05) is 6.92 Å². The zero-order chi connectivity index (χ0) is 14.5. The van der Waals surface area contributed by atoms with Crippen LogP contribution in [0.1, 0.15) is 35.8 Å². The first kappa shape index (κ1) is 14.8. The van der Waals surface area contributed by atoms with E-state index in [9.17, 15) is 9.59 Å². The first-order valence-corrected chi connectivity index (χ1v) is 7.26. The summed E-state index contributed by atoms with van der Waals surface area (Å²) < 4.78 is 0. The molecule has 1 fully saturated rings. The number of aryl methyl sites for hydroxylation is 1. The second-order valence-electron chi connectivity index (χ2n) is 5.67. The van der Waals surface area contributed by atoms with Crippen molar-refractivity contribution in [2.75, 3.05) is 26.2 Å². The number of carbonyl (C=O) groups excluding carboxylic acids is 1. The molecule has 5 nitrogen and oxygen atoms in total. The fourth-order valence-corrected chi connectivity index (χ4v) is 2.46. The normalized spacial score (nSPS) is 17.1. The molecule has 1 aliphatic heterocycles. The van der Waals surface area contributed by atoms with E-state index >= 15 is 0 Å². The van der Waals surface area contributed by atoms with Gasteiger partial charge in [0.05, 0.1) is 0 Å². The summed E-state index contributed by atoms with van der Waals surface area (Å²) in [7, 11) is 0. The van der Waals surface area contributed by atoms with Crippen molar-refractivity contribution in [3.05, 3.63) is 33.7 Å². The third kappa shape index (κ3) is 3.93. The second kappa shape index (κ2) is 6.70. The summed E-state index contributed by atoms with van der Waals surface area (Å²) in [6.45, 7) is 7.70. The number of nitrogens with zero attached hydrogens (tertiary/aromatic N) is 1. The van der Waals surface area contributed by atoms with Crippen molar-refractivity contribution in [3.63, 3.8) is 0 Å². The molecule has 0 aromatic carbocycles. The molecule has 0 aliphatic carbocycles. The van der Waals surface area contributed by atoms with Gasteiger partial charge in [-0.05, 0) is 38.8 Å². The van der Waals surface area contributed by atoms with Gasteiger partial charge in [-0.25, -0.2) is 0 Å². The minimum atomic E-state index is -0.295. The third-order valence-corrected chi connectivity index (χ3v) is 3.89. The van der Waals surface area contributed by atoms with Gasteiger partial charge >= 0.3 is 0 Å². The Morgan fingerprint density at radius 3 is 2.80 bits per heavy atom. The maximum absolute atomic E-state index is 11.9. The predicted molar refractivity (Wildman–Crippen MR) is 79.0 cm³/mol. The Morgan fingerprint density at radius 2 is 2.15 bits per heavy atom. The monoisotopic (exact) mass is 277 g/mol. The van der Waals surface area contributed by atoms with Crippen LogP contribution in [-0.2, 0) is 0 Å². The predicted octanol–water partition coefficient (Wildman–Crippen LogP) is 1.15. The second-order valence-corrected chi connectivity index (χ2v) is 5.67. The van der Waals surface area contributed by atoms with E-state index in [0.717, 1.165) is 31.2 Å². The number of likely N-dealkylation sites (tertiary alicyclic amines) is 1. The molecule has 1 aromatic rings. The molecule has 0 spiro atoms. The van der Waals surface area contributed by atoms with E-state index < -0.39 is 0 Å². The number of hydrogen-bond acceptors (Lipinski definition) is 3. The molecule has 2 rings (SSSR count). The smallest absolute Gasteiger partial charge is 0.256 e. The third-order valence-electron chi connectivity index (χ3n) is 3.89. The molecule has 1 aliphatic rings. The zero-order valence-electron chi connectivity index (χ0n) is 12.2. The number of hydrogen-bond donors (Lipinski definition) is 2. The Kier molecular flexibility index (Phi) is 4.95. The van der Waals surface area contributed by atoms with Gasteiger partial charge < -0.3 is 15.2 Å². The Morgan fingerprint density at radius 1 is 1.45 bits per heavy atom. The highest BCUT2D eigenvalue weighted by molar-refractivity contribution is 5.93. The largest absolute Gasteiger partial charge is 0.364 e. The summed E-state index contributed by atoms with van der Waals surface area (Å²) in [5, 5.41) is 2.82. The van der Waals surface area contributed by atoms with Crippen LogP contribution in [0.25, 0.3) is 0 Å². The van der Waals surface area contributed by atoms with Crippen LogP contribution in [0.3, 0.4) is 0 Å². The molecule has 0 radical (unpaired) electrons. The van der Waals surface area contributed by atoms with Crippen molar-refractivity contribution in [3.8, 4) is 0 Å². The van der Waals surface area contributed by atoms with E-state index in [-0.39, 0.29) is 16.9 Å². The van der Waals surface area contributed by atoms with Gasteiger partial charge in [0.1, 0.15) is 5.56 Å². The number of carbonyl (C=O) groups is 1. The SMILES string of the molecule is Cc1cc(=O)c(C(=O)NCCN2CCC(C)CC2)c[nH]1. The highest BCUT2D eigenvalue weighted by Gasteiger charge is 2.15. The van der Waals surface area contributed by atoms with Crippen LogP contribution in [0.4, 0.5) is 0 Å². The van der Waals surface area contributed by atoms with E-state index in [1.54, 1.807) is 6.92 Å². The van der Waals surface area contributed by atoms with Gasteiger partial charge in [-0.3, -0.25) is 9.59 Å². The fourth-order valence-electron chi connectivity index (χ4n) is 2.46. The lowest BCUT2D eigenvalue weighted by Crippen LogP contribution is -2.40. The van der Waals surface area contributed by atoms with Crippen LogP contribution in [-0.4, -0.2) is 42.0 Å². The van der Waals surface area contributed by atoms with E-state index in [1.807, 2.05) is 0 Å². The van der Waals surface area contributed by atoms with Gasteiger partial charge in [0.15, 0.2) is 5.43 Å². The van der Waals surface area contributed by atoms with Crippen molar-refractivity contribution < 1.29 is 4.79 Å². The topological polar surface area (TPSA) is 65.2 Å². The standard InChI is InChI=1S/C15H23N3O2/c1-11-3-6-18(7-4-11)8-5-16-15(20)13-10-17-12(2)9-14(13)19/h9-11H,3-8H2,1-2H3,(H,16,20)(H,17,19). The van der Waals surface area contributed by atoms with Crippen LogP contribution in [0.2, 0.25) is 0 Å². The van der Waals surface area contributed by atoms with Gasteiger partial charge in [0.25, 0.3) is 5.91 Å². The zero-order valence-corrected chi connectivity index (χ0v) is 12.2. The molecule has 0 bridgehead atoms. The Balaban J connectivity index is 1.79. The Bertz CT molecular complexity index is 516. The Labute approximate surface area is 119 Å². The number of piperidine rings is 1. The first-order chi connectivity index (χ1) is 9.56. The maximum atomic E-state index is 11.9. The molecule has 1 amide bonds. The molecule has 2 heterocycles. The highest BCUT2D eigenvalue weighted by Crippen LogP contribution is 2.15. The van der Waals surface area contributed by atoms with Crippen molar-refractivity contribution in [1.82, 2.24) is 15.2 Å². The van der Waals surface area contributed by atoms with Gasteiger partial charge in [-0.15, -0.1) is 0 Å². The number of aromatic nitrogens is 1. The lowest BCUT2D eigenvalue weighted by molar-refractivity contribution is 0.0943. The highest BCUT2D eigenvalue weighted by atomic mass is 16.2.